The third-order valence-electron chi connectivity index (χ3n) is 2.08. The van der Waals surface area contributed by atoms with E-state index in [2.05, 4.69) is 10.3 Å². The highest BCUT2D eigenvalue weighted by molar-refractivity contribution is 6.35. The molecule has 4 heteroatoms. The summed E-state index contributed by atoms with van der Waals surface area (Å²) in [7, 11) is 0. The second-order valence-electron chi connectivity index (χ2n) is 2.87. The van der Waals surface area contributed by atoms with Crippen molar-refractivity contribution in [2.75, 3.05) is 13.1 Å². The topological polar surface area (TPSA) is 24.9 Å². The monoisotopic (exact) mass is 202 g/mol. The van der Waals surface area contributed by atoms with Crippen LogP contribution < -0.4 is 5.32 Å². The van der Waals surface area contributed by atoms with Crippen molar-refractivity contribution in [1.82, 2.24) is 10.3 Å². The maximum atomic E-state index is 5.96. The lowest BCUT2D eigenvalue weighted by Gasteiger charge is -2.28. The number of nitrogens with zero attached hydrogens (tertiary/aromatic N) is 1. The van der Waals surface area contributed by atoms with Gasteiger partial charge in [0.1, 0.15) is 0 Å². The molecule has 1 fully saturated rings. The number of aromatic nitrogens is 1. The van der Waals surface area contributed by atoms with E-state index >= 15 is 0 Å². The van der Waals surface area contributed by atoms with E-state index in [4.69, 9.17) is 23.2 Å². The maximum Gasteiger partial charge on any atom is 0.0639 e. The van der Waals surface area contributed by atoms with Gasteiger partial charge in [-0.2, -0.15) is 0 Å². The van der Waals surface area contributed by atoms with Crippen LogP contribution in [0, 0.1) is 0 Å². The zero-order chi connectivity index (χ0) is 8.55. The summed E-state index contributed by atoms with van der Waals surface area (Å²) in [6.45, 7) is 1.92. The second-order valence-corrected chi connectivity index (χ2v) is 3.69. The summed E-state index contributed by atoms with van der Waals surface area (Å²) in [5.74, 6) is 0.466. The number of halogens is 2. The van der Waals surface area contributed by atoms with Crippen LogP contribution in [0.2, 0.25) is 10.0 Å². The molecule has 0 bridgehead atoms. The predicted molar refractivity (Wildman–Crippen MR) is 49.9 cm³/mol. The average molecular weight is 203 g/mol. The molecular weight excluding hydrogens is 195 g/mol. The molecule has 0 radical (unpaired) electrons. The summed E-state index contributed by atoms with van der Waals surface area (Å²) >= 11 is 11.9. The predicted octanol–water partition coefficient (Wildman–Crippen LogP) is 2.08. The van der Waals surface area contributed by atoms with Crippen LogP contribution in [0.4, 0.5) is 0 Å². The Morgan fingerprint density at radius 2 is 1.83 bits per heavy atom. The molecule has 2 nitrogen and oxygen atoms in total. The number of nitrogens with one attached hydrogen (secondary N) is 1. The fourth-order valence-electron chi connectivity index (χ4n) is 1.30. The van der Waals surface area contributed by atoms with Crippen molar-refractivity contribution in [2.45, 2.75) is 5.92 Å². The van der Waals surface area contributed by atoms with E-state index in [1.165, 1.54) is 0 Å². The number of rotatable bonds is 1. The molecule has 0 aliphatic carbocycles. The zero-order valence-electron chi connectivity index (χ0n) is 6.35. The van der Waals surface area contributed by atoms with Crippen LogP contribution in [0.25, 0.3) is 0 Å². The van der Waals surface area contributed by atoms with Gasteiger partial charge in [0.2, 0.25) is 0 Å². The Morgan fingerprint density at radius 1 is 1.25 bits per heavy atom. The standard InChI is InChI=1S/C8H8Cl2N2/c9-6-3-12-4-7(10)8(6)5-1-11-2-5/h3-5,11H,1-2H2. The smallest absolute Gasteiger partial charge is 0.0639 e. The fourth-order valence-corrected chi connectivity index (χ4v) is 1.98. The molecule has 12 heavy (non-hydrogen) atoms. The molecular formula is C8H8Cl2N2. The van der Waals surface area contributed by atoms with Gasteiger partial charge in [-0.25, -0.2) is 0 Å². The fraction of sp³-hybridized carbons (Fsp3) is 0.375. The van der Waals surface area contributed by atoms with Gasteiger partial charge < -0.3 is 5.32 Å². The van der Waals surface area contributed by atoms with Crippen molar-refractivity contribution in [2.24, 2.45) is 0 Å². The summed E-state index contributed by atoms with van der Waals surface area (Å²) in [5, 5.41) is 4.53. The van der Waals surface area contributed by atoms with Gasteiger partial charge in [0.05, 0.1) is 10.0 Å². The average Bonchev–Trinajstić information content (AvgIpc) is 1.93. The van der Waals surface area contributed by atoms with E-state index < -0.39 is 0 Å². The third kappa shape index (κ3) is 1.30. The molecule has 0 spiro atoms. The van der Waals surface area contributed by atoms with E-state index in [1.807, 2.05) is 0 Å². The lowest BCUT2D eigenvalue weighted by atomic mass is 9.95. The quantitative estimate of drug-likeness (QED) is 0.755. The Bertz CT molecular complexity index is 277. The van der Waals surface area contributed by atoms with Crippen molar-refractivity contribution in [3.05, 3.63) is 28.0 Å². The second kappa shape index (κ2) is 3.21. The molecule has 64 valence electrons. The van der Waals surface area contributed by atoms with Crippen LogP contribution in [0.3, 0.4) is 0 Å². The first kappa shape index (κ1) is 8.30. The Hall–Kier alpha value is -0.310. The van der Waals surface area contributed by atoms with Crippen molar-refractivity contribution in [1.29, 1.82) is 0 Å². The van der Waals surface area contributed by atoms with E-state index in [0.29, 0.717) is 16.0 Å². The van der Waals surface area contributed by atoms with Gasteiger partial charge in [0.25, 0.3) is 0 Å². The molecule has 0 unspecified atom stereocenters. The minimum Gasteiger partial charge on any atom is -0.315 e. The molecule has 1 aliphatic heterocycles. The molecule has 0 atom stereocenters. The van der Waals surface area contributed by atoms with Crippen LogP contribution in [0.15, 0.2) is 12.4 Å². The van der Waals surface area contributed by atoms with Gasteiger partial charge in [-0.1, -0.05) is 23.2 Å². The Labute approximate surface area is 80.9 Å². The van der Waals surface area contributed by atoms with Crippen molar-refractivity contribution in [3.8, 4) is 0 Å². The zero-order valence-corrected chi connectivity index (χ0v) is 7.86. The highest BCUT2D eigenvalue weighted by atomic mass is 35.5. The summed E-state index contributed by atoms with van der Waals surface area (Å²) < 4.78 is 0. The molecule has 0 amide bonds. The molecule has 0 aromatic carbocycles. The Balaban J connectivity index is 2.39. The van der Waals surface area contributed by atoms with Gasteiger partial charge in [-0.05, 0) is 5.56 Å². The maximum absolute atomic E-state index is 5.96. The summed E-state index contributed by atoms with van der Waals surface area (Å²) in [6, 6.07) is 0. The van der Waals surface area contributed by atoms with E-state index in [0.717, 1.165) is 18.7 Å². The van der Waals surface area contributed by atoms with E-state index in [1.54, 1.807) is 12.4 Å². The largest absolute Gasteiger partial charge is 0.315 e. The number of hydrogen-bond donors (Lipinski definition) is 1. The van der Waals surface area contributed by atoms with Crippen LogP contribution in [0.1, 0.15) is 11.5 Å². The summed E-state index contributed by atoms with van der Waals surface area (Å²) in [5.41, 5.74) is 1.03. The van der Waals surface area contributed by atoms with Crippen molar-refractivity contribution >= 4 is 23.2 Å². The molecule has 1 N–H and O–H groups in total. The third-order valence-corrected chi connectivity index (χ3v) is 2.68. The molecule has 1 aromatic heterocycles. The van der Waals surface area contributed by atoms with Crippen molar-refractivity contribution in [3.63, 3.8) is 0 Å². The lowest BCUT2D eigenvalue weighted by molar-refractivity contribution is 0.448. The molecule has 1 aromatic rings. The number of hydrogen-bond acceptors (Lipinski definition) is 2. The lowest BCUT2D eigenvalue weighted by Crippen LogP contribution is -2.40. The highest BCUT2D eigenvalue weighted by Gasteiger charge is 2.23. The first-order valence-electron chi connectivity index (χ1n) is 3.78. The van der Waals surface area contributed by atoms with Crippen molar-refractivity contribution < 1.29 is 0 Å². The normalized spacial score (nSPS) is 17.5. The van der Waals surface area contributed by atoms with Crippen LogP contribution >= 0.6 is 23.2 Å². The van der Waals surface area contributed by atoms with Gasteiger partial charge in [-0.3, -0.25) is 4.98 Å². The molecule has 1 saturated heterocycles. The molecule has 1 aliphatic rings. The first-order valence-corrected chi connectivity index (χ1v) is 4.54. The van der Waals surface area contributed by atoms with Crippen LogP contribution in [-0.4, -0.2) is 18.1 Å². The first-order chi connectivity index (χ1) is 5.79. The Morgan fingerprint density at radius 3 is 2.25 bits per heavy atom. The SMILES string of the molecule is Clc1cncc(Cl)c1C1CNC1. The van der Waals surface area contributed by atoms with Gasteiger partial charge >= 0.3 is 0 Å². The Kier molecular flexibility index (Phi) is 2.22. The summed E-state index contributed by atoms with van der Waals surface area (Å²) in [6.07, 6.45) is 3.28. The van der Waals surface area contributed by atoms with E-state index in [-0.39, 0.29) is 0 Å². The van der Waals surface area contributed by atoms with Gasteiger partial charge in [0.15, 0.2) is 0 Å². The molecule has 2 rings (SSSR count). The van der Waals surface area contributed by atoms with Gasteiger partial charge in [-0.15, -0.1) is 0 Å². The summed E-state index contributed by atoms with van der Waals surface area (Å²) in [4.78, 5) is 3.90. The van der Waals surface area contributed by atoms with Gasteiger partial charge in [0, 0.05) is 31.4 Å². The molecule has 2 heterocycles. The van der Waals surface area contributed by atoms with Crippen LogP contribution in [0.5, 0.6) is 0 Å². The molecule has 0 saturated carbocycles. The number of pyridine rings is 1. The highest BCUT2D eigenvalue weighted by Crippen LogP contribution is 2.32. The minimum atomic E-state index is 0.466. The van der Waals surface area contributed by atoms with E-state index in [9.17, 15) is 0 Å². The van der Waals surface area contributed by atoms with Crippen LogP contribution in [-0.2, 0) is 0 Å². The minimum absolute atomic E-state index is 0.466.